The molecule has 0 aliphatic carbocycles. The third-order valence-electron chi connectivity index (χ3n) is 6.26. The average Bonchev–Trinajstić information content (AvgIpc) is 3.13. The molecule has 0 bridgehead atoms. The van der Waals surface area contributed by atoms with Gasteiger partial charge in [0.25, 0.3) is 0 Å². The van der Waals surface area contributed by atoms with Crippen molar-refractivity contribution in [3.05, 3.63) is 84.4 Å². The van der Waals surface area contributed by atoms with E-state index in [-0.39, 0.29) is 0 Å². The van der Waals surface area contributed by atoms with Gasteiger partial charge in [-0.15, -0.1) is 0 Å². The third kappa shape index (κ3) is 3.74. The van der Waals surface area contributed by atoms with Gasteiger partial charge in [0.05, 0.1) is 0 Å². The molecule has 0 amide bonds. The minimum atomic E-state index is 0.984. The van der Waals surface area contributed by atoms with Crippen LogP contribution in [-0.2, 0) is 12.3 Å². The number of hydrogen-bond donors (Lipinski definition) is 0. The minimum Gasteiger partial charge on any atom is -0.341 e. The summed E-state index contributed by atoms with van der Waals surface area (Å²) in [7, 11) is 0. The molecule has 0 saturated heterocycles. The highest BCUT2D eigenvalue weighted by molar-refractivity contribution is 7.98. The Hall–Kier alpha value is -2.71. The maximum Gasteiger partial charge on any atom is 0.0491 e. The van der Waals surface area contributed by atoms with E-state index in [0.29, 0.717) is 0 Å². The lowest BCUT2D eigenvalue weighted by Crippen LogP contribution is -1.93. The van der Waals surface area contributed by atoms with Crippen molar-refractivity contribution in [3.63, 3.8) is 0 Å². The van der Waals surface area contributed by atoms with Gasteiger partial charge in [0.2, 0.25) is 0 Å². The van der Waals surface area contributed by atoms with E-state index in [1.165, 1.54) is 67.9 Å². The molecule has 5 rings (SSSR count). The largest absolute Gasteiger partial charge is 0.341 e. The number of unbranched alkanes of at least 4 members (excludes halogenated alkanes) is 1. The molecule has 0 saturated carbocycles. The molecule has 1 aromatic heterocycles. The van der Waals surface area contributed by atoms with Gasteiger partial charge in [-0.05, 0) is 70.8 Å². The number of aryl methyl sites for hydroxylation is 1. The Morgan fingerprint density at radius 2 is 1.52 bits per heavy atom. The van der Waals surface area contributed by atoms with Gasteiger partial charge >= 0.3 is 0 Å². The van der Waals surface area contributed by atoms with E-state index < -0.39 is 0 Å². The molecule has 0 aliphatic rings. The Kier molecular flexibility index (Phi) is 5.74. The van der Waals surface area contributed by atoms with Crippen molar-refractivity contribution in [1.82, 2.24) is 4.57 Å². The van der Waals surface area contributed by atoms with Crippen molar-refractivity contribution in [2.45, 2.75) is 39.0 Å². The van der Waals surface area contributed by atoms with Crippen LogP contribution in [0, 0.1) is 0 Å². The van der Waals surface area contributed by atoms with E-state index in [1.807, 2.05) is 0 Å². The zero-order valence-corrected chi connectivity index (χ0v) is 19.2. The van der Waals surface area contributed by atoms with Crippen LogP contribution in [0.15, 0.2) is 78.9 Å². The Morgan fingerprint density at radius 1 is 0.742 bits per heavy atom. The molecule has 0 unspecified atom stereocenters. The molecule has 1 nitrogen and oxygen atoms in total. The first-order chi connectivity index (χ1) is 15.3. The normalized spacial score (nSPS) is 11.7. The molecule has 156 valence electrons. The van der Waals surface area contributed by atoms with E-state index in [4.69, 9.17) is 0 Å². The first-order valence-electron chi connectivity index (χ1n) is 11.4. The van der Waals surface area contributed by atoms with Crippen molar-refractivity contribution < 1.29 is 0 Å². The summed E-state index contributed by atoms with van der Waals surface area (Å²) in [5.41, 5.74) is 6.71. The number of rotatable bonds is 7. The summed E-state index contributed by atoms with van der Waals surface area (Å²) in [5, 5.41) is 5.36. The molecule has 0 N–H and O–H groups in total. The second-order valence-corrected chi connectivity index (χ2v) is 9.37. The molecule has 0 spiro atoms. The molecule has 31 heavy (non-hydrogen) atoms. The summed E-state index contributed by atoms with van der Waals surface area (Å²) >= 11 is 2.05. The van der Waals surface area contributed by atoms with Crippen LogP contribution in [0.1, 0.15) is 32.3 Å². The van der Waals surface area contributed by atoms with Crippen molar-refractivity contribution >= 4 is 44.3 Å². The zero-order valence-electron chi connectivity index (χ0n) is 18.4. The molecule has 0 aliphatic heterocycles. The lowest BCUT2D eigenvalue weighted by Gasteiger charge is -2.08. The fourth-order valence-electron chi connectivity index (χ4n) is 4.66. The lowest BCUT2D eigenvalue weighted by molar-refractivity contribution is 0.827. The summed E-state index contributed by atoms with van der Waals surface area (Å²) < 4.78 is 2.45. The molecule has 0 fully saturated rings. The molecular weight excluding hydrogens is 394 g/mol. The van der Waals surface area contributed by atoms with E-state index in [0.717, 1.165) is 12.3 Å². The first kappa shape index (κ1) is 20.2. The van der Waals surface area contributed by atoms with Crippen LogP contribution in [-0.4, -0.2) is 10.3 Å². The molecule has 4 aromatic carbocycles. The molecular formula is C29H29NS. The summed E-state index contributed by atoms with van der Waals surface area (Å²) in [6.45, 7) is 5.49. The van der Waals surface area contributed by atoms with Crippen molar-refractivity contribution in [3.8, 4) is 11.1 Å². The van der Waals surface area contributed by atoms with Gasteiger partial charge in [-0.2, -0.15) is 11.8 Å². The highest BCUT2D eigenvalue weighted by atomic mass is 32.2. The second kappa shape index (κ2) is 8.80. The van der Waals surface area contributed by atoms with Crippen LogP contribution >= 0.6 is 11.8 Å². The number of thioether (sulfide) groups is 1. The van der Waals surface area contributed by atoms with Crippen molar-refractivity contribution in [1.29, 1.82) is 0 Å². The molecule has 0 atom stereocenters. The number of nitrogens with zero attached hydrogens (tertiary/aromatic N) is 1. The van der Waals surface area contributed by atoms with Crippen LogP contribution in [0.25, 0.3) is 43.7 Å². The van der Waals surface area contributed by atoms with Gasteiger partial charge in [-0.3, -0.25) is 0 Å². The van der Waals surface area contributed by atoms with Crippen LogP contribution in [0.5, 0.6) is 0 Å². The number of aromatic nitrogens is 1. The standard InChI is InChI=1S/C29H29NS/c1-3-5-17-31-20-21-13-15-28-26(18-21)27-19-23(14-16-29(27)30(28)4-2)25-12-8-10-22-9-6-7-11-24(22)25/h6-16,18-19H,3-5,17,20H2,1-2H3. The summed E-state index contributed by atoms with van der Waals surface area (Å²) in [6, 6.07) is 29.4. The fourth-order valence-corrected chi connectivity index (χ4v) is 5.72. The van der Waals surface area contributed by atoms with Gasteiger partial charge in [-0.1, -0.05) is 67.9 Å². The predicted octanol–water partition coefficient (Wildman–Crippen LogP) is 8.67. The third-order valence-corrected chi connectivity index (χ3v) is 7.37. The van der Waals surface area contributed by atoms with E-state index >= 15 is 0 Å². The van der Waals surface area contributed by atoms with Crippen molar-refractivity contribution in [2.75, 3.05) is 5.75 Å². The maximum atomic E-state index is 2.45. The molecule has 0 radical (unpaired) electrons. The van der Waals surface area contributed by atoms with Gasteiger partial charge in [-0.25, -0.2) is 0 Å². The Bertz CT molecular complexity index is 1360. The Morgan fingerprint density at radius 3 is 2.35 bits per heavy atom. The van der Waals surface area contributed by atoms with E-state index in [2.05, 4.69) is 109 Å². The van der Waals surface area contributed by atoms with Crippen LogP contribution < -0.4 is 0 Å². The van der Waals surface area contributed by atoms with Crippen molar-refractivity contribution in [2.24, 2.45) is 0 Å². The fraction of sp³-hybridized carbons (Fsp3) is 0.241. The monoisotopic (exact) mass is 423 g/mol. The van der Waals surface area contributed by atoms with E-state index in [9.17, 15) is 0 Å². The zero-order chi connectivity index (χ0) is 21.2. The molecule has 1 heterocycles. The highest BCUT2D eigenvalue weighted by Gasteiger charge is 2.12. The number of hydrogen-bond acceptors (Lipinski definition) is 1. The lowest BCUT2D eigenvalue weighted by atomic mass is 9.97. The quantitative estimate of drug-likeness (QED) is 0.237. The van der Waals surface area contributed by atoms with Gasteiger partial charge in [0, 0.05) is 34.1 Å². The topological polar surface area (TPSA) is 4.93 Å². The number of benzene rings is 4. The number of fused-ring (bicyclic) bond motifs is 4. The van der Waals surface area contributed by atoms with Crippen LogP contribution in [0.4, 0.5) is 0 Å². The average molecular weight is 424 g/mol. The maximum absolute atomic E-state index is 2.45. The van der Waals surface area contributed by atoms with E-state index in [1.54, 1.807) is 0 Å². The molecule has 2 heteroatoms. The SMILES string of the molecule is CCCCSCc1ccc2c(c1)c1cc(-c3cccc4ccccc34)ccc1n2CC. The highest BCUT2D eigenvalue weighted by Crippen LogP contribution is 2.36. The molecule has 5 aromatic rings. The van der Waals surface area contributed by atoms with Crippen LogP contribution in [0.2, 0.25) is 0 Å². The van der Waals surface area contributed by atoms with Gasteiger partial charge < -0.3 is 4.57 Å². The second-order valence-electron chi connectivity index (χ2n) is 8.26. The predicted molar refractivity (Wildman–Crippen MR) is 139 cm³/mol. The summed E-state index contributed by atoms with van der Waals surface area (Å²) in [4.78, 5) is 0. The van der Waals surface area contributed by atoms with Crippen LogP contribution in [0.3, 0.4) is 0 Å². The Labute approximate surface area is 189 Å². The summed E-state index contributed by atoms with van der Waals surface area (Å²) in [5.74, 6) is 2.34. The smallest absolute Gasteiger partial charge is 0.0491 e. The first-order valence-corrected chi connectivity index (χ1v) is 12.6. The van der Waals surface area contributed by atoms with Gasteiger partial charge in [0.1, 0.15) is 0 Å². The summed E-state index contributed by atoms with van der Waals surface area (Å²) in [6.07, 6.45) is 2.57. The Balaban J connectivity index is 1.65. The van der Waals surface area contributed by atoms with Gasteiger partial charge in [0.15, 0.2) is 0 Å². The minimum absolute atomic E-state index is 0.984.